The molecule has 0 aromatic heterocycles. The normalized spacial score (nSPS) is 10.0. The van der Waals surface area contributed by atoms with E-state index in [9.17, 15) is 8.78 Å². The van der Waals surface area contributed by atoms with E-state index >= 15 is 0 Å². The van der Waals surface area contributed by atoms with Gasteiger partial charge in [0.15, 0.2) is 0 Å². The van der Waals surface area contributed by atoms with Crippen LogP contribution in [-0.2, 0) is 6.54 Å². The Kier molecular flexibility index (Phi) is 3.98. The van der Waals surface area contributed by atoms with Gasteiger partial charge in [0.2, 0.25) is 0 Å². The molecular weight excluding hydrogens is 270 g/mol. The highest BCUT2D eigenvalue weighted by Crippen LogP contribution is 2.20. The lowest BCUT2D eigenvalue weighted by atomic mass is 10.2. The molecule has 0 saturated carbocycles. The zero-order valence-electron chi connectivity index (χ0n) is 9.75. The molecule has 19 heavy (non-hydrogen) atoms. The maximum Gasteiger partial charge on any atom is 0.147 e. The molecule has 0 saturated heterocycles. The van der Waals surface area contributed by atoms with E-state index in [2.05, 4.69) is 5.32 Å². The molecule has 1 N–H and O–H groups in total. The monoisotopic (exact) mass is 278 g/mol. The Labute approximate surface area is 114 Å². The van der Waals surface area contributed by atoms with Gasteiger partial charge in [-0.15, -0.1) is 0 Å². The molecule has 0 radical (unpaired) electrons. The zero-order valence-corrected chi connectivity index (χ0v) is 10.5. The van der Waals surface area contributed by atoms with E-state index in [4.69, 9.17) is 16.9 Å². The molecule has 0 spiro atoms. The largest absolute Gasteiger partial charge is 0.379 e. The molecule has 96 valence electrons. The molecular formula is C14H9ClF2N2. The minimum absolute atomic E-state index is 0.194. The third-order valence-corrected chi connectivity index (χ3v) is 2.94. The topological polar surface area (TPSA) is 35.8 Å². The highest BCUT2D eigenvalue weighted by molar-refractivity contribution is 6.31. The maximum atomic E-state index is 13.6. The van der Waals surface area contributed by atoms with Gasteiger partial charge in [0.1, 0.15) is 11.6 Å². The minimum atomic E-state index is -0.536. The van der Waals surface area contributed by atoms with Gasteiger partial charge in [-0.25, -0.2) is 8.78 Å². The highest BCUT2D eigenvalue weighted by Gasteiger charge is 2.06. The van der Waals surface area contributed by atoms with E-state index in [1.165, 1.54) is 30.3 Å². The smallest absolute Gasteiger partial charge is 0.147 e. The molecule has 2 nitrogen and oxygen atoms in total. The Morgan fingerprint density at radius 1 is 1.16 bits per heavy atom. The number of rotatable bonds is 3. The summed E-state index contributed by atoms with van der Waals surface area (Å²) in [5.41, 5.74) is 1.01. The number of hydrogen-bond acceptors (Lipinski definition) is 2. The fraction of sp³-hybridized carbons (Fsp3) is 0.0714. The van der Waals surface area contributed by atoms with Crippen LogP contribution in [0.2, 0.25) is 5.02 Å². The van der Waals surface area contributed by atoms with Crippen LogP contribution in [0.4, 0.5) is 14.5 Å². The lowest BCUT2D eigenvalue weighted by Crippen LogP contribution is -2.02. The van der Waals surface area contributed by atoms with Gasteiger partial charge in [-0.1, -0.05) is 11.6 Å². The number of halogens is 3. The van der Waals surface area contributed by atoms with Crippen LogP contribution in [0.3, 0.4) is 0 Å². The third-order valence-electron chi connectivity index (χ3n) is 2.58. The van der Waals surface area contributed by atoms with Crippen molar-refractivity contribution in [2.45, 2.75) is 6.54 Å². The molecule has 2 aromatic rings. The number of nitriles is 1. The molecule has 0 aliphatic carbocycles. The minimum Gasteiger partial charge on any atom is -0.379 e. The summed E-state index contributed by atoms with van der Waals surface area (Å²) >= 11 is 5.91. The van der Waals surface area contributed by atoms with Gasteiger partial charge in [0.05, 0.1) is 17.3 Å². The van der Waals surface area contributed by atoms with Gasteiger partial charge in [0, 0.05) is 11.6 Å². The summed E-state index contributed by atoms with van der Waals surface area (Å²) in [5, 5.41) is 11.9. The first-order valence-electron chi connectivity index (χ1n) is 5.47. The van der Waals surface area contributed by atoms with E-state index < -0.39 is 11.6 Å². The molecule has 0 aliphatic heterocycles. The van der Waals surface area contributed by atoms with Crippen LogP contribution in [-0.4, -0.2) is 0 Å². The Morgan fingerprint density at radius 3 is 2.63 bits per heavy atom. The second kappa shape index (κ2) is 5.68. The molecule has 0 atom stereocenters. The molecule has 0 heterocycles. The number of benzene rings is 2. The molecule has 5 heteroatoms. The van der Waals surface area contributed by atoms with Crippen LogP contribution in [0.1, 0.15) is 11.1 Å². The summed E-state index contributed by atoms with van der Waals surface area (Å²) in [5.74, 6) is -0.937. The first-order chi connectivity index (χ1) is 9.10. The SMILES string of the molecule is N#Cc1ccc(NCc2cc(F)ccc2Cl)c(F)c1. The molecule has 0 bridgehead atoms. The molecule has 0 fully saturated rings. The number of anilines is 1. The van der Waals surface area contributed by atoms with E-state index in [0.29, 0.717) is 10.6 Å². The van der Waals surface area contributed by atoms with E-state index in [-0.39, 0.29) is 17.8 Å². The van der Waals surface area contributed by atoms with Crippen molar-refractivity contribution in [3.05, 3.63) is 64.2 Å². The van der Waals surface area contributed by atoms with E-state index in [1.807, 2.05) is 6.07 Å². The fourth-order valence-corrected chi connectivity index (χ4v) is 1.78. The molecule has 0 amide bonds. The van der Waals surface area contributed by atoms with Gasteiger partial charge < -0.3 is 5.32 Å². The Balaban J connectivity index is 2.15. The molecule has 2 aromatic carbocycles. The lowest BCUT2D eigenvalue weighted by molar-refractivity contribution is 0.625. The van der Waals surface area contributed by atoms with Crippen LogP contribution in [0.15, 0.2) is 36.4 Å². The average molecular weight is 279 g/mol. The Morgan fingerprint density at radius 2 is 1.95 bits per heavy atom. The second-order valence-electron chi connectivity index (χ2n) is 3.90. The molecule has 0 aliphatic rings. The molecule has 2 rings (SSSR count). The van der Waals surface area contributed by atoms with Crippen molar-refractivity contribution in [3.8, 4) is 6.07 Å². The van der Waals surface area contributed by atoms with Crippen molar-refractivity contribution in [1.82, 2.24) is 0 Å². The molecule has 0 unspecified atom stereocenters. The first-order valence-corrected chi connectivity index (χ1v) is 5.85. The first kappa shape index (κ1) is 13.3. The summed E-state index contributed by atoms with van der Waals surface area (Å²) in [6, 6.07) is 9.93. The fourth-order valence-electron chi connectivity index (χ4n) is 1.60. The van der Waals surface area contributed by atoms with Gasteiger partial charge >= 0.3 is 0 Å². The Bertz CT molecular complexity index is 650. The van der Waals surface area contributed by atoms with Crippen molar-refractivity contribution in [1.29, 1.82) is 5.26 Å². The summed E-state index contributed by atoms with van der Waals surface area (Å²) in [7, 11) is 0. The van der Waals surface area contributed by atoms with Gasteiger partial charge in [-0.05, 0) is 42.0 Å². The maximum absolute atomic E-state index is 13.6. The van der Waals surface area contributed by atoms with Crippen molar-refractivity contribution >= 4 is 17.3 Å². The summed E-state index contributed by atoms with van der Waals surface area (Å²) in [6.07, 6.45) is 0. The quantitative estimate of drug-likeness (QED) is 0.917. The van der Waals surface area contributed by atoms with Crippen LogP contribution >= 0.6 is 11.6 Å². The highest BCUT2D eigenvalue weighted by atomic mass is 35.5. The Hall–Kier alpha value is -2.12. The summed E-state index contributed by atoms with van der Waals surface area (Å²) in [4.78, 5) is 0. The van der Waals surface area contributed by atoms with Crippen LogP contribution in [0.5, 0.6) is 0 Å². The van der Waals surface area contributed by atoms with Gasteiger partial charge in [-0.3, -0.25) is 0 Å². The van der Waals surface area contributed by atoms with E-state index in [0.717, 1.165) is 6.07 Å². The van der Waals surface area contributed by atoms with Crippen LogP contribution < -0.4 is 5.32 Å². The van der Waals surface area contributed by atoms with Crippen molar-refractivity contribution in [3.63, 3.8) is 0 Å². The van der Waals surface area contributed by atoms with Gasteiger partial charge in [0.25, 0.3) is 0 Å². The zero-order chi connectivity index (χ0) is 13.8. The number of nitrogens with one attached hydrogen (secondary N) is 1. The van der Waals surface area contributed by atoms with Crippen molar-refractivity contribution in [2.24, 2.45) is 0 Å². The number of hydrogen-bond donors (Lipinski definition) is 1. The standard InChI is InChI=1S/C14H9ClF2N2/c15-12-3-2-11(16)6-10(12)8-19-14-4-1-9(7-18)5-13(14)17/h1-6,19H,8H2. The van der Waals surface area contributed by atoms with Gasteiger partial charge in [-0.2, -0.15) is 5.26 Å². The van der Waals surface area contributed by atoms with Crippen molar-refractivity contribution < 1.29 is 8.78 Å². The van der Waals surface area contributed by atoms with E-state index in [1.54, 1.807) is 0 Å². The lowest BCUT2D eigenvalue weighted by Gasteiger charge is -2.09. The summed E-state index contributed by atoms with van der Waals surface area (Å²) in [6.45, 7) is 0.194. The second-order valence-corrected chi connectivity index (χ2v) is 4.30. The number of nitrogens with zero attached hydrogens (tertiary/aromatic N) is 1. The van der Waals surface area contributed by atoms with Crippen LogP contribution in [0, 0.1) is 23.0 Å². The van der Waals surface area contributed by atoms with Crippen molar-refractivity contribution in [2.75, 3.05) is 5.32 Å². The van der Waals surface area contributed by atoms with Crippen LogP contribution in [0.25, 0.3) is 0 Å². The third kappa shape index (κ3) is 3.21. The predicted octanol–water partition coefficient (Wildman–Crippen LogP) is 4.10. The average Bonchev–Trinajstić information content (AvgIpc) is 2.40. The predicted molar refractivity (Wildman–Crippen MR) is 69.9 cm³/mol. The summed E-state index contributed by atoms with van der Waals surface area (Å²) < 4.78 is 26.7.